The maximum atomic E-state index is 14.3. The molecule has 2 aliphatic rings. The summed E-state index contributed by atoms with van der Waals surface area (Å²) >= 11 is 0. The molecule has 10 atom stereocenters. The minimum Gasteiger partial charge on any atom is -0.507 e. The Bertz CT molecular complexity index is 1680. The highest BCUT2D eigenvalue weighted by atomic mass is 16.7. The van der Waals surface area contributed by atoms with Gasteiger partial charge < -0.3 is 69.0 Å². The van der Waals surface area contributed by atoms with Crippen LogP contribution in [0.2, 0.25) is 0 Å². The highest BCUT2D eigenvalue weighted by Gasteiger charge is 2.46. The Labute approximate surface area is 274 Å². The fraction of sp³-hybridized carbons (Fsp3) is 0.485. The minimum atomic E-state index is -1.77. The molecule has 15 nitrogen and oxygen atoms in total. The number of aliphatic hydroxyl groups excluding tert-OH is 7. The third-order valence-electron chi connectivity index (χ3n) is 8.37. The molecule has 0 unspecified atom stereocenters. The third-order valence-corrected chi connectivity index (χ3v) is 8.37. The van der Waals surface area contributed by atoms with Crippen molar-refractivity contribution < 1.29 is 69.0 Å². The zero-order valence-electron chi connectivity index (χ0n) is 26.6. The van der Waals surface area contributed by atoms with Gasteiger partial charge in [0.2, 0.25) is 23.8 Å². The molecule has 5 rings (SSSR count). The number of phenolic OH excluding ortho intramolecular Hbond substituents is 1. The van der Waals surface area contributed by atoms with Gasteiger partial charge in [-0.1, -0.05) is 11.6 Å². The Morgan fingerprint density at radius 2 is 1.50 bits per heavy atom. The number of aromatic hydroxyl groups is 1. The fourth-order valence-corrected chi connectivity index (χ4v) is 5.52. The quantitative estimate of drug-likeness (QED) is 0.140. The lowest BCUT2D eigenvalue weighted by Gasteiger charge is -2.39. The third kappa shape index (κ3) is 6.74. The van der Waals surface area contributed by atoms with Gasteiger partial charge in [0.15, 0.2) is 5.76 Å². The van der Waals surface area contributed by atoms with E-state index >= 15 is 0 Å². The zero-order valence-corrected chi connectivity index (χ0v) is 26.6. The van der Waals surface area contributed by atoms with Crippen molar-refractivity contribution >= 4 is 11.0 Å². The van der Waals surface area contributed by atoms with Crippen LogP contribution in [0.5, 0.6) is 23.0 Å². The number of ether oxygens (including phenoxy) is 5. The number of aliphatic hydroxyl groups is 7. The van der Waals surface area contributed by atoms with Gasteiger partial charge in [-0.05, 0) is 51.5 Å². The van der Waals surface area contributed by atoms with E-state index in [1.165, 1.54) is 14.0 Å². The molecule has 2 fully saturated rings. The van der Waals surface area contributed by atoms with Crippen molar-refractivity contribution in [3.8, 4) is 34.3 Å². The summed E-state index contributed by atoms with van der Waals surface area (Å²) < 4.78 is 34.5. The molecule has 1 aromatic heterocycles. The largest absolute Gasteiger partial charge is 0.507 e. The number of benzene rings is 2. The number of hydrogen-bond donors (Lipinski definition) is 8. The Morgan fingerprint density at radius 3 is 2.10 bits per heavy atom. The Kier molecular flexibility index (Phi) is 10.6. The average Bonchev–Trinajstić information content (AvgIpc) is 3.06. The van der Waals surface area contributed by atoms with E-state index in [0.29, 0.717) is 11.3 Å². The molecule has 262 valence electrons. The Hall–Kier alpha value is -3.77. The summed E-state index contributed by atoms with van der Waals surface area (Å²) in [5.74, 6) is -0.922. The summed E-state index contributed by atoms with van der Waals surface area (Å²) in [5, 5.41) is 82.9. The molecule has 2 aromatic carbocycles. The lowest BCUT2D eigenvalue weighted by molar-refractivity contribution is -0.277. The summed E-state index contributed by atoms with van der Waals surface area (Å²) in [6.07, 6.45) is -13.7. The van der Waals surface area contributed by atoms with Crippen LogP contribution in [0, 0.1) is 0 Å². The van der Waals surface area contributed by atoms with Crippen LogP contribution in [-0.4, -0.2) is 116 Å². The summed E-state index contributed by atoms with van der Waals surface area (Å²) in [7, 11) is 1.47. The number of fused-ring (bicyclic) bond motifs is 1. The predicted octanol–water partition coefficient (Wildman–Crippen LogP) is 0.0679. The molecule has 0 saturated carbocycles. The molecule has 0 amide bonds. The highest BCUT2D eigenvalue weighted by Crippen LogP contribution is 2.41. The lowest BCUT2D eigenvalue weighted by Crippen LogP contribution is -2.60. The maximum Gasteiger partial charge on any atom is 0.239 e. The molecule has 0 spiro atoms. The van der Waals surface area contributed by atoms with Crippen LogP contribution in [0.3, 0.4) is 0 Å². The SMILES string of the molecule is COc1ccc(-c2oc3c(CC=C(C)C)c(O[C@@H]4O[C@H](CO)[C@@H](O)[C@H](O)[C@H]4O)cc(O)c3c(=O)c2O[C@H]2O[C@H](C)[C@H](O)[C@@H](O)[C@H]2O)cc1. The van der Waals surface area contributed by atoms with Crippen molar-refractivity contribution in [3.05, 3.63) is 57.8 Å². The molecule has 2 aliphatic heterocycles. The van der Waals surface area contributed by atoms with Crippen LogP contribution in [-0.2, 0) is 15.9 Å². The first kappa shape index (κ1) is 35.5. The van der Waals surface area contributed by atoms with Crippen LogP contribution in [0.25, 0.3) is 22.3 Å². The van der Waals surface area contributed by atoms with E-state index in [0.717, 1.165) is 11.6 Å². The van der Waals surface area contributed by atoms with Gasteiger partial charge in [-0.15, -0.1) is 0 Å². The Balaban J connectivity index is 1.71. The minimum absolute atomic E-state index is 0.0725. The molecule has 3 heterocycles. The lowest BCUT2D eigenvalue weighted by atomic mass is 9.99. The Morgan fingerprint density at radius 1 is 0.875 bits per heavy atom. The van der Waals surface area contributed by atoms with Crippen molar-refractivity contribution in [1.82, 2.24) is 0 Å². The summed E-state index contributed by atoms with van der Waals surface area (Å²) in [6, 6.07) is 7.41. The normalized spacial score (nSPS) is 30.6. The maximum absolute atomic E-state index is 14.3. The fourth-order valence-electron chi connectivity index (χ4n) is 5.52. The molecular weight excluding hydrogens is 636 g/mol. The van der Waals surface area contributed by atoms with E-state index in [1.54, 1.807) is 30.3 Å². The van der Waals surface area contributed by atoms with Crippen molar-refractivity contribution in [2.75, 3.05) is 13.7 Å². The van der Waals surface area contributed by atoms with Gasteiger partial charge in [0.05, 0.1) is 19.8 Å². The van der Waals surface area contributed by atoms with Gasteiger partial charge in [0.25, 0.3) is 0 Å². The van der Waals surface area contributed by atoms with Gasteiger partial charge in [-0.3, -0.25) is 4.79 Å². The van der Waals surface area contributed by atoms with Crippen molar-refractivity contribution in [1.29, 1.82) is 0 Å². The number of hydrogen-bond acceptors (Lipinski definition) is 15. The molecule has 3 aromatic rings. The molecule has 8 N–H and O–H groups in total. The first-order valence-electron chi connectivity index (χ1n) is 15.2. The van der Waals surface area contributed by atoms with Crippen LogP contribution in [0.15, 0.2) is 51.2 Å². The van der Waals surface area contributed by atoms with Gasteiger partial charge >= 0.3 is 0 Å². The number of allylic oxidation sites excluding steroid dienone is 2. The van der Waals surface area contributed by atoms with E-state index in [-0.39, 0.29) is 34.5 Å². The van der Waals surface area contributed by atoms with Crippen LogP contribution in [0.1, 0.15) is 26.3 Å². The van der Waals surface area contributed by atoms with Gasteiger partial charge in [-0.25, -0.2) is 0 Å². The first-order chi connectivity index (χ1) is 22.8. The van der Waals surface area contributed by atoms with Crippen LogP contribution < -0.4 is 19.6 Å². The van der Waals surface area contributed by atoms with E-state index in [1.807, 2.05) is 13.8 Å². The predicted molar refractivity (Wildman–Crippen MR) is 167 cm³/mol. The molecule has 0 radical (unpaired) electrons. The van der Waals surface area contributed by atoms with Crippen LogP contribution in [0.4, 0.5) is 0 Å². The van der Waals surface area contributed by atoms with Gasteiger partial charge in [-0.2, -0.15) is 0 Å². The second-order valence-electron chi connectivity index (χ2n) is 12.0. The number of rotatable bonds is 9. The monoisotopic (exact) mass is 676 g/mol. The van der Waals surface area contributed by atoms with Gasteiger partial charge in [0.1, 0.15) is 70.9 Å². The second kappa shape index (κ2) is 14.4. The second-order valence-corrected chi connectivity index (χ2v) is 12.0. The van der Waals surface area contributed by atoms with Gasteiger partial charge in [0, 0.05) is 17.2 Å². The zero-order chi connectivity index (χ0) is 35.0. The molecule has 48 heavy (non-hydrogen) atoms. The molecule has 0 bridgehead atoms. The van der Waals surface area contributed by atoms with E-state index < -0.39 is 84.9 Å². The standard InChI is InChI=1S/C33H40O15/c1-13(2)5-10-17-19(45-33-28(42)26(40)23(37)20(12-34)46-33)11-18(35)21-24(38)31(48-32-27(41)25(39)22(36)14(3)44-32)29(47-30(17)21)15-6-8-16(43-4)9-7-15/h5-9,11,14,20,22-23,25-28,32-37,39-42H,10,12H2,1-4H3/t14-,20-,22+,23-,25-,26+,27-,28-,32-,33-/m1/s1. The molecule has 2 saturated heterocycles. The van der Waals surface area contributed by atoms with E-state index in [4.69, 9.17) is 28.1 Å². The molecule has 15 heteroatoms. The highest BCUT2D eigenvalue weighted by molar-refractivity contribution is 5.91. The average molecular weight is 677 g/mol. The molecule has 0 aliphatic carbocycles. The van der Waals surface area contributed by atoms with Crippen molar-refractivity contribution in [3.63, 3.8) is 0 Å². The topological polar surface area (TPSA) is 238 Å². The van der Waals surface area contributed by atoms with E-state index in [9.17, 15) is 45.6 Å². The summed E-state index contributed by atoms with van der Waals surface area (Å²) in [5.41, 5.74) is 0.341. The van der Waals surface area contributed by atoms with Crippen molar-refractivity contribution in [2.24, 2.45) is 0 Å². The van der Waals surface area contributed by atoms with E-state index in [2.05, 4.69) is 0 Å². The summed E-state index contributed by atoms with van der Waals surface area (Å²) in [6.45, 7) is 4.40. The molecular formula is C33H40O15. The summed E-state index contributed by atoms with van der Waals surface area (Å²) in [4.78, 5) is 14.3. The van der Waals surface area contributed by atoms with Crippen LogP contribution >= 0.6 is 0 Å². The first-order valence-corrected chi connectivity index (χ1v) is 15.2. The number of phenols is 1. The van der Waals surface area contributed by atoms with Crippen molar-refractivity contribution in [2.45, 2.75) is 88.6 Å². The smallest absolute Gasteiger partial charge is 0.239 e. The number of methoxy groups -OCH3 is 1.